The zero-order chi connectivity index (χ0) is 19.2. The van der Waals surface area contributed by atoms with Gasteiger partial charge in [-0.15, -0.1) is 11.3 Å². The normalized spacial score (nSPS) is 10.7. The molecule has 27 heavy (non-hydrogen) atoms. The number of carbonyl (C=O) groups is 1. The first-order valence-electron chi connectivity index (χ1n) is 8.54. The predicted octanol–water partition coefficient (Wildman–Crippen LogP) is 3.38. The Morgan fingerprint density at radius 3 is 2.59 bits per heavy atom. The van der Waals surface area contributed by atoms with E-state index >= 15 is 0 Å². The van der Waals surface area contributed by atoms with Gasteiger partial charge >= 0.3 is 0 Å². The van der Waals surface area contributed by atoms with E-state index in [4.69, 9.17) is 0 Å². The summed E-state index contributed by atoms with van der Waals surface area (Å²) in [5.41, 5.74) is 0.774. The predicted molar refractivity (Wildman–Crippen MR) is 107 cm³/mol. The number of benzene rings is 1. The van der Waals surface area contributed by atoms with Gasteiger partial charge < -0.3 is 10.6 Å². The Bertz CT molecular complexity index is 911. The maximum atomic E-state index is 12.1. The van der Waals surface area contributed by atoms with Crippen molar-refractivity contribution in [1.82, 2.24) is 19.9 Å². The van der Waals surface area contributed by atoms with Crippen molar-refractivity contribution < 1.29 is 4.79 Å². The van der Waals surface area contributed by atoms with E-state index in [1.165, 1.54) is 11.3 Å². The van der Waals surface area contributed by atoms with Crippen LogP contribution in [0.3, 0.4) is 0 Å². The molecule has 0 bridgehead atoms. The Hall–Kier alpha value is -3.07. The third-order valence-corrected chi connectivity index (χ3v) is 4.24. The van der Waals surface area contributed by atoms with Gasteiger partial charge in [0.2, 0.25) is 17.8 Å². The van der Waals surface area contributed by atoms with E-state index in [0.717, 1.165) is 10.6 Å². The highest BCUT2D eigenvalue weighted by Gasteiger charge is 2.10. The number of carbonyl (C=O) groups excluding carboxylic acids is 1. The van der Waals surface area contributed by atoms with Gasteiger partial charge in [0.25, 0.3) is 0 Å². The van der Waals surface area contributed by atoms with Crippen LogP contribution in [-0.2, 0) is 11.2 Å². The number of hydrogen-bond donors (Lipinski definition) is 3. The maximum absolute atomic E-state index is 12.1. The summed E-state index contributed by atoms with van der Waals surface area (Å²) in [7, 11) is 0. The van der Waals surface area contributed by atoms with Crippen molar-refractivity contribution in [2.75, 3.05) is 16.0 Å². The molecule has 2 heterocycles. The Kier molecular flexibility index (Phi) is 5.92. The summed E-state index contributed by atoms with van der Waals surface area (Å²) in [5.74, 6) is 1.45. The summed E-state index contributed by atoms with van der Waals surface area (Å²) in [4.78, 5) is 30.2. The van der Waals surface area contributed by atoms with Crippen molar-refractivity contribution in [3.8, 4) is 0 Å². The van der Waals surface area contributed by atoms with Gasteiger partial charge in [-0.25, -0.2) is 4.98 Å². The fraction of sp³-hybridized carbons (Fsp3) is 0.278. The molecule has 3 aromatic rings. The number of hydrogen-bond acceptors (Lipinski definition) is 8. The molecule has 2 aromatic heterocycles. The second-order valence-corrected chi connectivity index (χ2v) is 7.29. The van der Waals surface area contributed by atoms with Crippen molar-refractivity contribution in [3.05, 3.63) is 47.2 Å². The van der Waals surface area contributed by atoms with Gasteiger partial charge in [-0.05, 0) is 32.9 Å². The Labute approximate surface area is 161 Å². The van der Waals surface area contributed by atoms with Gasteiger partial charge in [-0.3, -0.25) is 10.1 Å². The number of nitrogens with one attached hydrogen (secondary N) is 3. The van der Waals surface area contributed by atoms with Crippen LogP contribution in [0.4, 0.5) is 22.7 Å². The largest absolute Gasteiger partial charge is 0.352 e. The molecule has 0 aliphatic carbocycles. The van der Waals surface area contributed by atoms with Crippen LogP contribution in [0.25, 0.3) is 0 Å². The molecule has 0 saturated carbocycles. The minimum absolute atomic E-state index is 0.0872. The number of aryl methyl sites for hydroxylation is 1. The van der Waals surface area contributed by atoms with Crippen LogP contribution >= 0.6 is 11.3 Å². The van der Waals surface area contributed by atoms with E-state index in [-0.39, 0.29) is 18.4 Å². The van der Waals surface area contributed by atoms with Gasteiger partial charge in [0.05, 0.1) is 6.42 Å². The molecule has 0 atom stereocenters. The lowest BCUT2D eigenvalue weighted by atomic mass is 10.3. The third-order valence-electron chi connectivity index (χ3n) is 3.33. The molecular formula is C18H21N7OS. The molecule has 0 aliphatic heterocycles. The Morgan fingerprint density at radius 2 is 1.85 bits per heavy atom. The van der Waals surface area contributed by atoms with Crippen LogP contribution in [-0.4, -0.2) is 31.9 Å². The van der Waals surface area contributed by atoms with Crippen LogP contribution in [0.1, 0.15) is 24.5 Å². The molecule has 1 amide bonds. The smallest absolute Gasteiger partial charge is 0.234 e. The minimum Gasteiger partial charge on any atom is -0.352 e. The summed E-state index contributed by atoms with van der Waals surface area (Å²) in [5, 5.41) is 9.71. The zero-order valence-corrected chi connectivity index (χ0v) is 16.2. The van der Waals surface area contributed by atoms with Gasteiger partial charge in [0, 0.05) is 22.8 Å². The highest BCUT2D eigenvalue weighted by molar-refractivity contribution is 7.15. The summed E-state index contributed by atoms with van der Waals surface area (Å²) in [6.07, 6.45) is 1.93. The van der Waals surface area contributed by atoms with Gasteiger partial charge in [0.15, 0.2) is 5.13 Å². The van der Waals surface area contributed by atoms with Crippen LogP contribution in [0.5, 0.6) is 0 Å². The Morgan fingerprint density at radius 1 is 1.11 bits per heavy atom. The van der Waals surface area contributed by atoms with Gasteiger partial charge in [0.1, 0.15) is 5.82 Å². The summed E-state index contributed by atoms with van der Waals surface area (Å²) >= 11 is 1.39. The second kappa shape index (κ2) is 8.54. The maximum Gasteiger partial charge on any atom is 0.234 e. The highest BCUT2D eigenvalue weighted by Crippen LogP contribution is 2.22. The molecule has 140 valence electrons. The molecule has 8 nitrogen and oxygen atoms in total. The standard InChI is InChI=1S/C18H21N7OS/c1-11(2)20-16-21-12(3)22-17(24-16)25-18-19-10-14(27-18)9-15(26)23-13-7-5-4-6-8-13/h4-8,10-11H,9H2,1-3H3,(H,23,26)(H2,19,20,21,22,24,25). The van der Waals surface area contributed by atoms with Crippen molar-refractivity contribution in [1.29, 1.82) is 0 Å². The lowest BCUT2D eigenvalue weighted by Gasteiger charge is -2.09. The number of rotatable bonds is 7. The van der Waals surface area contributed by atoms with Crippen LogP contribution in [0.2, 0.25) is 0 Å². The van der Waals surface area contributed by atoms with Crippen molar-refractivity contribution in [2.45, 2.75) is 33.2 Å². The second-order valence-electron chi connectivity index (χ2n) is 6.18. The molecule has 0 saturated heterocycles. The minimum atomic E-state index is -0.0872. The van der Waals surface area contributed by atoms with Gasteiger partial charge in [-0.1, -0.05) is 18.2 Å². The quantitative estimate of drug-likeness (QED) is 0.574. The molecule has 0 unspecified atom stereocenters. The lowest BCUT2D eigenvalue weighted by molar-refractivity contribution is -0.115. The first-order valence-corrected chi connectivity index (χ1v) is 9.35. The van der Waals surface area contributed by atoms with Crippen molar-refractivity contribution in [3.63, 3.8) is 0 Å². The lowest BCUT2D eigenvalue weighted by Crippen LogP contribution is -2.14. The fourth-order valence-electron chi connectivity index (χ4n) is 2.29. The summed E-state index contributed by atoms with van der Waals surface area (Å²) in [6.45, 7) is 5.83. The van der Waals surface area contributed by atoms with Crippen LogP contribution in [0.15, 0.2) is 36.5 Å². The van der Waals surface area contributed by atoms with E-state index in [0.29, 0.717) is 22.9 Å². The van der Waals surface area contributed by atoms with E-state index in [1.54, 1.807) is 13.1 Å². The third kappa shape index (κ3) is 5.71. The highest BCUT2D eigenvalue weighted by atomic mass is 32.1. The van der Waals surface area contributed by atoms with Crippen molar-refractivity contribution in [2.24, 2.45) is 0 Å². The fourth-order valence-corrected chi connectivity index (χ4v) is 3.09. The van der Waals surface area contributed by atoms with E-state index < -0.39 is 0 Å². The molecule has 9 heteroatoms. The molecule has 1 aromatic carbocycles. The molecule has 3 rings (SSSR count). The van der Waals surface area contributed by atoms with Gasteiger partial charge in [-0.2, -0.15) is 15.0 Å². The molecule has 0 spiro atoms. The van der Waals surface area contributed by atoms with Crippen molar-refractivity contribution >= 4 is 40.0 Å². The van der Waals surface area contributed by atoms with E-state index in [1.807, 2.05) is 44.2 Å². The summed E-state index contributed by atoms with van der Waals surface area (Å²) in [6, 6.07) is 9.58. The number of thiazole rings is 1. The van der Waals surface area contributed by atoms with E-state index in [9.17, 15) is 4.79 Å². The molecular weight excluding hydrogens is 362 g/mol. The van der Waals surface area contributed by atoms with E-state index in [2.05, 4.69) is 35.9 Å². The first kappa shape index (κ1) is 18.7. The Balaban J connectivity index is 1.62. The molecule has 3 N–H and O–H groups in total. The first-order chi connectivity index (χ1) is 13.0. The van der Waals surface area contributed by atoms with Crippen LogP contribution < -0.4 is 16.0 Å². The number of para-hydroxylation sites is 1. The average Bonchev–Trinajstić information content (AvgIpc) is 3.01. The zero-order valence-electron chi connectivity index (χ0n) is 15.4. The molecule has 0 radical (unpaired) electrons. The number of aromatic nitrogens is 4. The molecule has 0 fully saturated rings. The number of nitrogens with zero attached hydrogens (tertiary/aromatic N) is 4. The number of amides is 1. The summed E-state index contributed by atoms with van der Waals surface area (Å²) < 4.78 is 0. The average molecular weight is 383 g/mol. The monoisotopic (exact) mass is 383 g/mol. The SMILES string of the molecule is Cc1nc(Nc2ncc(CC(=O)Nc3ccccc3)s2)nc(NC(C)C)n1. The topological polar surface area (TPSA) is 105 Å². The molecule has 0 aliphatic rings. The van der Waals surface area contributed by atoms with Crippen LogP contribution in [0, 0.1) is 6.92 Å². The number of anilines is 4.